The third-order valence-corrected chi connectivity index (χ3v) is 5.52. The SMILES string of the molecule is CCCCCOc1cccc(C(=O)Nc2nc3c(Cl)c(Cl)ccc3s2)c1. The maximum Gasteiger partial charge on any atom is 0.257 e. The van der Waals surface area contributed by atoms with Crippen molar-refractivity contribution in [1.82, 2.24) is 4.98 Å². The Morgan fingerprint density at radius 2 is 2.08 bits per heavy atom. The van der Waals surface area contributed by atoms with Crippen LogP contribution in [0.3, 0.4) is 0 Å². The van der Waals surface area contributed by atoms with Gasteiger partial charge in [-0.3, -0.25) is 10.1 Å². The fraction of sp³-hybridized carbons (Fsp3) is 0.263. The molecule has 0 fully saturated rings. The molecule has 1 N–H and O–H groups in total. The summed E-state index contributed by atoms with van der Waals surface area (Å²) in [4.78, 5) is 16.9. The Kier molecular flexibility index (Phi) is 6.35. The van der Waals surface area contributed by atoms with Gasteiger partial charge in [0, 0.05) is 5.56 Å². The molecule has 0 atom stereocenters. The standard InChI is InChI=1S/C19H18Cl2N2O2S/c1-2-3-4-10-25-13-7-5-6-12(11-13)18(24)23-19-22-17-15(26-19)9-8-14(20)16(17)21/h5-9,11H,2-4,10H2,1H3,(H,22,23,24). The maximum absolute atomic E-state index is 12.5. The van der Waals surface area contributed by atoms with Gasteiger partial charge in [0.25, 0.3) is 5.91 Å². The first kappa shape index (κ1) is 19.0. The lowest BCUT2D eigenvalue weighted by Crippen LogP contribution is -2.11. The zero-order valence-electron chi connectivity index (χ0n) is 14.2. The van der Waals surface area contributed by atoms with Crippen molar-refractivity contribution in [3.8, 4) is 5.75 Å². The number of halogens is 2. The highest BCUT2D eigenvalue weighted by molar-refractivity contribution is 7.22. The van der Waals surface area contributed by atoms with Gasteiger partial charge >= 0.3 is 0 Å². The number of carbonyl (C=O) groups is 1. The van der Waals surface area contributed by atoms with E-state index in [9.17, 15) is 4.79 Å². The molecule has 3 rings (SSSR count). The number of hydrogen-bond acceptors (Lipinski definition) is 4. The smallest absolute Gasteiger partial charge is 0.257 e. The number of fused-ring (bicyclic) bond motifs is 1. The molecule has 2 aromatic carbocycles. The zero-order valence-corrected chi connectivity index (χ0v) is 16.5. The van der Waals surface area contributed by atoms with Gasteiger partial charge in [-0.15, -0.1) is 0 Å². The van der Waals surface area contributed by atoms with Gasteiger partial charge in [0.2, 0.25) is 0 Å². The summed E-state index contributed by atoms with van der Waals surface area (Å²) in [5.41, 5.74) is 1.11. The lowest BCUT2D eigenvalue weighted by Gasteiger charge is -2.07. The summed E-state index contributed by atoms with van der Waals surface area (Å²) in [6.45, 7) is 2.80. The van der Waals surface area contributed by atoms with Crippen molar-refractivity contribution >= 4 is 55.8 Å². The Hall–Kier alpha value is -1.82. The van der Waals surface area contributed by atoms with E-state index in [0.29, 0.717) is 38.6 Å². The molecule has 0 aliphatic heterocycles. The van der Waals surface area contributed by atoms with Crippen LogP contribution in [0.4, 0.5) is 5.13 Å². The number of anilines is 1. The number of rotatable bonds is 7. The molecule has 0 saturated heterocycles. The summed E-state index contributed by atoms with van der Waals surface area (Å²) in [6, 6.07) is 10.7. The zero-order chi connectivity index (χ0) is 18.5. The first-order chi connectivity index (χ1) is 12.6. The third kappa shape index (κ3) is 4.47. The van der Waals surface area contributed by atoms with E-state index in [4.69, 9.17) is 27.9 Å². The van der Waals surface area contributed by atoms with Crippen LogP contribution in [0.5, 0.6) is 5.75 Å². The average Bonchev–Trinajstić information content (AvgIpc) is 3.05. The molecule has 3 aromatic rings. The Balaban J connectivity index is 1.71. The van der Waals surface area contributed by atoms with E-state index < -0.39 is 0 Å². The number of carbonyl (C=O) groups excluding carboxylic acids is 1. The number of nitrogens with one attached hydrogen (secondary N) is 1. The predicted molar refractivity (Wildman–Crippen MR) is 109 cm³/mol. The van der Waals surface area contributed by atoms with Gasteiger partial charge in [0.05, 0.1) is 21.4 Å². The van der Waals surface area contributed by atoms with Crippen LogP contribution >= 0.6 is 34.5 Å². The lowest BCUT2D eigenvalue weighted by atomic mass is 10.2. The molecular weight excluding hydrogens is 391 g/mol. The summed E-state index contributed by atoms with van der Waals surface area (Å²) < 4.78 is 6.56. The molecule has 0 aliphatic rings. The number of thiazole rings is 1. The topological polar surface area (TPSA) is 51.2 Å². The lowest BCUT2D eigenvalue weighted by molar-refractivity contribution is 0.102. The van der Waals surface area contributed by atoms with Crippen molar-refractivity contribution < 1.29 is 9.53 Å². The molecule has 0 aliphatic carbocycles. The second-order valence-electron chi connectivity index (χ2n) is 5.76. The molecule has 26 heavy (non-hydrogen) atoms. The summed E-state index contributed by atoms with van der Waals surface area (Å²) in [5.74, 6) is 0.443. The normalized spacial score (nSPS) is 10.9. The van der Waals surface area contributed by atoms with E-state index in [1.54, 1.807) is 24.3 Å². The summed E-state index contributed by atoms with van der Waals surface area (Å²) in [7, 11) is 0. The molecule has 7 heteroatoms. The second kappa shape index (κ2) is 8.71. The molecule has 1 aromatic heterocycles. The Bertz CT molecular complexity index is 927. The highest BCUT2D eigenvalue weighted by Crippen LogP contribution is 2.35. The Labute approximate surface area is 166 Å². The van der Waals surface area contributed by atoms with Gasteiger partial charge in [-0.25, -0.2) is 4.98 Å². The van der Waals surface area contributed by atoms with Crippen LogP contribution in [0.25, 0.3) is 10.2 Å². The van der Waals surface area contributed by atoms with Crippen LogP contribution in [-0.2, 0) is 0 Å². The van der Waals surface area contributed by atoms with E-state index in [2.05, 4.69) is 17.2 Å². The van der Waals surface area contributed by atoms with Crippen molar-refractivity contribution in [1.29, 1.82) is 0 Å². The predicted octanol–water partition coefficient (Wildman–Crippen LogP) is 6.42. The largest absolute Gasteiger partial charge is 0.494 e. The van der Waals surface area contributed by atoms with Crippen molar-refractivity contribution in [2.24, 2.45) is 0 Å². The van der Waals surface area contributed by atoms with E-state index in [1.165, 1.54) is 11.3 Å². The van der Waals surface area contributed by atoms with Gasteiger partial charge < -0.3 is 4.74 Å². The second-order valence-corrected chi connectivity index (χ2v) is 7.58. The number of aromatic nitrogens is 1. The van der Waals surface area contributed by atoms with E-state index in [0.717, 1.165) is 24.0 Å². The number of nitrogens with zero attached hydrogens (tertiary/aromatic N) is 1. The molecule has 0 saturated carbocycles. The molecule has 1 amide bonds. The summed E-state index contributed by atoms with van der Waals surface area (Å²) >= 11 is 13.5. The molecule has 0 bridgehead atoms. The number of unbranched alkanes of at least 4 members (excludes halogenated alkanes) is 2. The number of amides is 1. The minimum Gasteiger partial charge on any atom is -0.494 e. The van der Waals surface area contributed by atoms with Crippen molar-refractivity contribution in [3.63, 3.8) is 0 Å². The van der Waals surface area contributed by atoms with Gasteiger partial charge in [-0.05, 0) is 36.8 Å². The molecule has 0 unspecified atom stereocenters. The molecule has 4 nitrogen and oxygen atoms in total. The molecule has 0 spiro atoms. The van der Waals surface area contributed by atoms with Crippen LogP contribution < -0.4 is 10.1 Å². The molecular formula is C19H18Cl2N2O2S. The van der Waals surface area contributed by atoms with Crippen LogP contribution in [0, 0.1) is 0 Å². The van der Waals surface area contributed by atoms with Gasteiger partial charge in [0.1, 0.15) is 11.3 Å². The monoisotopic (exact) mass is 408 g/mol. The van der Waals surface area contributed by atoms with E-state index >= 15 is 0 Å². The molecule has 1 heterocycles. The first-order valence-corrected chi connectivity index (χ1v) is 9.94. The Morgan fingerprint density at radius 3 is 2.88 bits per heavy atom. The average molecular weight is 409 g/mol. The van der Waals surface area contributed by atoms with Crippen molar-refractivity contribution in [2.75, 3.05) is 11.9 Å². The van der Waals surface area contributed by atoms with Crippen LogP contribution in [-0.4, -0.2) is 17.5 Å². The quantitative estimate of drug-likeness (QED) is 0.458. The van der Waals surface area contributed by atoms with Gasteiger partial charge in [-0.1, -0.05) is 60.4 Å². The summed E-state index contributed by atoms with van der Waals surface area (Å²) in [5, 5.41) is 4.12. The minimum atomic E-state index is -0.245. The third-order valence-electron chi connectivity index (χ3n) is 3.79. The fourth-order valence-electron chi connectivity index (χ4n) is 2.43. The maximum atomic E-state index is 12.5. The summed E-state index contributed by atoms with van der Waals surface area (Å²) in [6.07, 6.45) is 3.27. The Morgan fingerprint density at radius 1 is 1.23 bits per heavy atom. The van der Waals surface area contributed by atoms with Crippen LogP contribution in [0.1, 0.15) is 36.5 Å². The first-order valence-electron chi connectivity index (χ1n) is 8.37. The highest BCUT2D eigenvalue weighted by Gasteiger charge is 2.13. The van der Waals surface area contributed by atoms with Gasteiger partial charge in [-0.2, -0.15) is 0 Å². The minimum absolute atomic E-state index is 0.245. The number of ether oxygens (including phenoxy) is 1. The van der Waals surface area contributed by atoms with Crippen molar-refractivity contribution in [3.05, 3.63) is 52.0 Å². The van der Waals surface area contributed by atoms with Crippen LogP contribution in [0.15, 0.2) is 36.4 Å². The molecule has 0 radical (unpaired) electrons. The van der Waals surface area contributed by atoms with E-state index in [1.807, 2.05) is 12.1 Å². The highest BCUT2D eigenvalue weighted by atomic mass is 35.5. The molecule has 136 valence electrons. The van der Waals surface area contributed by atoms with Gasteiger partial charge in [0.15, 0.2) is 5.13 Å². The fourth-order valence-corrected chi connectivity index (χ4v) is 3.71. The number of hydrogen-bond donors (Lipinski definition) is 1. The number of benzene rings is 2. The van der Waals surface area contributed by atoms with E-state index in [-0.39, 0.29) is 5.91 Å². The van der Waals surface area contributed by atoms with Crippen LogP contribution in [0.2, 0.25) is 10.0 Å². The van der Waals surface area contributed by atoms with Crippen molar-refractivity contribution in [2.45, 2.75) is 26.2 Å².